The number of carbonyl (C=O) groups excluding carboxylic acids is 1. The van der Waals surface area contributed by atoms with Gasteiger partial charge in [0.25, 0.3) is 5.91 Å². The summed E-state index contributed by atoms with van der Waals surface area (Å²) < 4.78 is 13.4. The average Bonchev–Trinajstić information content (AvgIpc) is 3.37. The van der Waals surface area contributed by atoms with Gasteiger partial charge < -0.3 is 14.8 Å². The van der Waals surface area contributed by atoms with Crippen molar-refractivity contribution >= 4 is 33.2 Å². The van der Waals surface area contributed by atoms with Crippen LogP contribution >= 0.6 is 15.9 Å². The van der Waals surface area contributed by atoms with Crippen LogP contribution in [0.5, 0.6) is 11.5 Å². The molecule has 32 heavy (non-hydrogen) atoms. The molecule has 0 radical (unpaired) electrons. The van der Waals surface area contributed by atoms with E-state index in [1.165, 1.54) is 0 Å². The molecule has 160 valence electrons. The van der Waals surface area contributed by atoms with Crippen LogP contribution < -0.4 is 14.8 Å². The second-order valence-corrected chi connectivity index (χ2v) is 8.89. The van der Waals surface area contributed by atoms with Gasteiger partial charge in [-0.05, 0) is 36.8 Å². The molecule has 0 saturated carbocycles. The van der Waals surface area contributed by atoms with Crippen molar-refractivity contribution in [3.05, 3.63) is 87.9 Å². The number of ether oxygens (including phenoxy) is 2. The highest BCUT2D eigenvalue weighted by atomic mass is 79.9. The van der Waals surface area contributed by atoms with E-state index in [2.05, 4.69) is 21.2 Å². The molecule has 1 N–H and O–H groups in total. The number of para-hydroxylation sites is 1. The molecule has 0 bridgehead atoms. The van der Waals surface area contributed by atoms with E-state index in [0.29, 0.717) is 24.5 Å². The monoisotopic (exact) mass is 489 g/mol. The molecule has 2 unspecified atom stereocenters. The summed E-state index contributed by atoms with van der Waals surface area (Å²) in [6.45, 7) is 2.44. The van der Waals surface area contributed by atoms with Gasteiger partial charge in [-0.1, -0.05) is 58.4 Å². The van der Waals surface area contributed by atoms with Crippen molar-refractivity contribution in [1.82, 2.24) is 5.01 Å². The van der Waals surface area contributed by atoms with Gasteiger partial charge in [0.2, 0.25) is 0 Å². The first kappa shape index (κ1) is 19.4. The van der Waals surface area contributed by atoms with E-state index in [1.54, 1.807) is 0 Å². The van der Waals surface area contributed by atoms with Crippen molar-refractivity contribution in [2.75, 3.05) is 11.9 Å². The van der Waals surface area contributed by atoms with Gasteiger partial charge in [0.15, 0.2) is 11.5 Å². The van der Waals surface area contributed by atoms with Crippen LogP contribution in [0.4, 0.5) is 5.69 Å². The number of fused-ring (bicyclic) bond motifs is 6. The number of hydrogen-bond donors (Lipinski definition) is 1. The lowest BCUT2D eigenvalue weighted by molar-refractivity contribution is -0.161. The molecule has 7 heteroatoms. The van der Waals surface area contributed by atoms with Crippen LogP contribution in [0.1, 0.15) is 36.1 Å². The first-order chi connectivity index (χ1) is 15.6. The van der Waals surface area contributed by atoms with Crippen molar-refractivity contribution in [2.24, 2.45) is 5.10 Å². The molecule has 3 aromatic rings. The number of hydrogen-bond acceptors (Lipinski definition) is 5. The Hall–Kier alpha value is -3.32. The number of hydrazone groups is 1. The van der Waals surface area contributed by atoms with E-state index in [-0.39, 0.29) is 11.9 Å². The molecule has 0 saturated heterocycles. The second kappa shape index (κ2) is 7.10. The number of amides is 1. The van der Waals surface area contributed by atoms with Gasteiger partial charge in [-0.15, -0.1) is 0 Å². The summed E-state index contributed by atoms with van der Waals surface area (Å²) in [6.07, 6.45) is 0.661. The van der Waals surface area contributed by atoms with Gasteiger partial charge >= 0.3 is 5.72 Å². The van der Waals surface area contributed by atoms with E-state index < -0.39 is 5.72 Å². The standard InChI is InChI=1S/C25H20BrN3O3/c1-2-31-22-10-6-9-17-21-14-20(15-7-4-3-5-8-15)28-29(21)25(32-23(17)22)18-13-16(26)11-12-19(18)27-24(25)30/h3-13,21H,2,14H2,1H3,(H,27,30). The Morgan fingerprint density at radius 1 is 1.19 bits per heavy atom. The number of nitrogens with one attached hydrogen (secondary N) is 1. The van der Waals surface area contributed by atoms with E-state index in [1.807, 2.05) is 78.7 Å². The average molecular weight is 490 g/mol. The minimum Gasteiger partial charge on any atom is -0.490 e. The fourth-order valence-corrected chi connectivity index (χ4v) is 5.14. The maximum atomic E-state index is 13.6. The van der Waals surface area contributed by atoms with E-state index >= 15 is 0 Å². The Bertz CT molecular complexity index is 1280. The maximum absolute atomic E-state index is 13.6. The van der Waals surface area contributed by atoms with Gasteiger partial charge in [-0.25, -0.2) is 5.01 Å². The topological polar surface area (TPSA) is 63.2 Å². The van der Waals surface area contributed by atoms with Crippen molar-refractivity contribution in [2.45, 2.75) is 25.1 Å². The zero-order valence-electron chi connectivity index (χ0n) is 17.3. The Labute approximate surface area is 194 Å². The van der Waals surface area contributed by atoms with E-state index in [4.69, 9.17) is 14.6 Å². The summed E-state index contributed by atoms with van der Waals surface area (Å²) in [6, 6.07) is 21.5. The largest absolute Gasteiger partial charge is 0.490 e. The fourth-order valence-electron chi connectivity index (χ4n) is 4.78. The summed E-state index contributed by atoms with van der Waals surface area (Å²) in [7, 11) is 0. The highest BCUT2D eigenvalue weighted by Crippen LogP contribution is 2.56. The van der Waals surface area contributed by atoms with Crippen LogP contribution in [0.2, 0.25) is 0 Å². The number of nitrogens with zero attached hydrogens (tertiary/aromatic N) is 2. The maximum Gasteiger partial charge on any atom is 0.306 e. The molecule has 6 rings (SSSR count). The molecular weight excluding hydrogens is 470 g/mol. The number of rotatable bonds is 3. The molecule has 0 aromatic heterocycles. The molecule has 3 aliphatic rings. The van der Waals surface area contributed by atoms with Crippen LogP contribution in [0.25, 0.3) is 0 Å². The Morgan fingerprint density at radius 3 is 2.84 bits per heavy atom. The van der Waals surface area contributed by atoms with E-state index in [9.17, 15) is 4.79 Å². The van der Waals surface area contributed by atoms with Crippen molar-refractivity contribution < 1.29 is 14.3 Å². The van der Waals surface area contributed by atoms with E-state index in [0.717, 1.165) is 32.6 Å². The first-order valence-corrected chi connectivity index (χ1v) is 11.4. The zero-order valence-corrected chi connectivity index (χ0v) is 18.9. The van der Waals surface area contributed by atoms with Crippen LogP contribution in [0.15, 0.2) is 76.3 Å². The lowest BCUT2D eigenvalue weighted by Crippen LogP contribution is -2.55. The fraction of sp³-hybridized carbons (Fsp3) is 0.200. The Kier molecular flexibility index (Phi) is 4.30. The smallest absolute Gasteiger partial charge is 0.306 e. The molecule has 2 atom stereocenters. The molecule has 3 heterocycles. The van der Waals surface area contributed by atoms with Crippen molar-refractivity contribution in [3.63, 3.8) is 0 Å². The first-order valence-electron chi connectivity index (χ1n) is 10.6. The summed E-state index contributed by atoms with van der Waals surface area (Å²) in [5, 5.41) is 9.81. The Morgan fingerprint density at radius 2 is 2.03 bits per heavy atom. The third-order valence-corrected chi connectivity index (χ3v) is 6.65. The highest BCUT2D eigenvalue weighted by molar-refractivity contribution is 9.10. The molecule has 3 aromatic carbocycles. The second-order valence-electron chi connectivity index (χ2n) is 7.97. The third-order valence-electron chi connectivity index (χ3n) is 6.16. The highest BCUT2D eigenvalue weighted by Gasteiger charge is 2.61. The predicted octanol–water partition coefficient (Wildman–Crippen LogP) is 5.20. The summed E-state index contributed by atoms with van der Waals surface area (Å²) >= 11 is 3.55. The van der Waals surface area contributed by atoms with Crippen LogP contribution in [-0.4, -0.2) is 23.2 Å². The predicted molar refractivity (Wildman–Crippen MR) is 125 cm³/mol. The van der Waals surface area contributed by atoms with Crippen LogP contribution in [-0.2, 0) is 10.5 Å². The Balaban J connectivity index is 1.59. The normalized spacial score (nSPS) is 22.6. The lowest BCUT2D eigenvalue weighted by Gasteiger charge is -2.44. The van der Waals surface area contributed by atoms with Gasteiger partial charge in [0.05, 0.1) is 29.6 Å². The molecule has 1 spiro atoms. The minimum absolute atomic E-state index is 0.162. The van der Waals surface area contributed by atoms with Crippen LogP contribution in [0.3, 0.4) is 0 Å². The minimum atomic E-state index is -1.42. The van der Waals surface area contributed by atoms with Crippen LogP contribution in [0, 0.1) is 0 Å². The zero-order chi connectivity index (χ0) is 21.9. The lowest BCUT2D eigenvalue weighted by atomic mass is 9.92. The van der Waals surface area contributed by atoms with Crippen molar-refractivity contribution in [1.29, 1.82) is 0 Å². The molecule has 3 aliphatic heterocycles. The summed E-state index contributed by atoms with van der Waals surface area (Å²) in [4.78, 5) is 13.6. The molecule has 0 fully saturated rings. The number of halogens is 1. The van der Waals surface area contributed by atoms with Gasteiger partial charge in [0.1, 0.15) is 0 Å². The number of carbonyl (C=O) groups is 1. The number of benzene rings is 3. The molecule has 1 amide bonds. The SMILES string of the molecule is CCOc1cccc2c1OC1(C(=O)Nc3ccc(Br)cc31)N1N=C(c3ccccc3)CC21. The van der Waals surface area contributed by atoms with Gasteiger partial charge in [-0.2, -0.15) is 5.10 Å². The number of anilines is 1. The van der Waals surface area contributed by atoms with Gasteiger partial charge in [-0.3, -0.25) is 4.79 Å². The quantitative estimate of drug-likeness (QED) is 0.549. The molecular formula is C25H20BrN3O3. The summed E-state index contributed by atoms with van der Waals surface area (Å²) in [5.41, 5.74) is 2.96. The molecule has 0 aliphatic carbocycles. The molecule has 6 nitrogen and oxygen atoms in total. The third kappa shape index (κ3) is 2.64. The van der Waals surface area contributed by atoms with Gasteiger partial charge in [0, 0.05) is 16.5 Å². The summed E-state index contributed by atoms with van der Waals surface area (Å²) in [5.74, 6) is 0.974. The van der Waals surface area contributed by atoms with Crippen molar-refractivity contribution in [3.8, 4) is 11.5 Å².